The first-order valence-electron chi connectivity index (χ1n) is 8.31. The molecule has 26 heavy (non-hydrogen) atoms. The molecule has 0 unspecified atom stereocenters. The minimum absolute atomic E-state index is 0.251. The lowest BCUT2D eigenvalue weighted by molar-refractivity contribution is 0.0322. The van der Waals surface area contributed by atoms with E-state index in [1.54, 1.807) is 31.2 Å². The van der Waals surface area contributed by atoms with Gasteiger partial charge in [-0.25, -0.2) is 9.78 Å². The average Bonchev–Trinajstić information content (AvgIpc) is 2.67. The number of ether oxygens (including phenoxy) is 1. The quantitative estimate of drug-likeness (QED) is 0.570. The van der Waals surface area contributed by atoms with Gasteiger partial charge in [-0.15, -0.1) is 0 Å². The van der Waals surface area contributed by atoms with Crippen molar-refractivity contribution in [2.75, 3.05) is 0 Å². The van der Waals surface area contributed by atoms with Crippen LogP contribution in [0, 0.1) is 0 Å². The van der Waals surface area contributed by atoms with Crippen LogP contribution < -0.4 is 5.56 Å². The second-order valence-electron chi connectivity index (χ2n) is 6.04. The average molecular weight is 344 g/mol. The zero-order valence-corrected chi connectivity index (χ0v) is 14.1. The number of hydrogen-bond acceptors (Lipinski definition) is 4. The Morgan fingerprint density at radius 1 is 0.962 bits per heavy atom. The van der Waals surface area contributed by atoms with Crippen LogP contribution in [-0.2, 0) is 4.74 Å². The van der Waals surface area contributed by atoms with Crippen LogP contribution >= 0.6 is 0 Å². The number of aromatic amines is 1. The van der Waals surface area contributed by atoms with Crippen molar-refractivity contribution in [3.8, 4) is 0 Å². The highest BCUT2D eigenvalue weighted by Gasteiger charge is 2.18. The summed E-state index contributed by atoms with van der Waals surface area (Å²) in [5, 5.41) is 2.29. The fourth-order valence-corrected chi connectivity index (χ4v) is 2.98. The maximum Gasteiger partial charge on any atom is 0.339 e. The van der Waals surface area contributed by atoms with Crippen molar-refractivity contribution in [2.45, 2.75) is 13.0 Å². The van der Waals surface area contributed by atoms with Crippen molar-refractivity contribution in [3.63, 3.8) is 0 Å². The highest BCUT2D eigenvalue weighted by molar-refractivity contribution is 6.04. The molecule has 1 N–H and O–H groups in total. The van der Waals surface area contributed by atoms with Gasteiger partial charge in [-0.1, -0.05) is 48.5 Å². The molecule has 0 saturated carbocycles. The molecule has 4 aromatic rings. The lowest BCUT2D eigenvalue weighted by atomic mass is 10.0. The van der Waals surface area contributed by atoms with Crippen molar-refractivity contribution in [3.05, 3.63) is 88.5 Å². The summed E-state index contributed by atoms with van der Waals surface area (Å²) in [5.74, 6) is -0.132. The van der Waals surface area contributed by atoms with Gasteiger partial charge in [-0.05, 0) is 35.9 Å². The van der Waals surface area contributed by atoms with Gasteiger partial charge in [0.1, 0.15) is 0 Å². The smallest absolute Gasteiger partial charge is 0.339 e. The Morgan fingerprint density at radius 2 is 1.65 bits per heavy atom. The highest BCUT2D eigenvalue weighted by Crippen LogP contribution is 2.22. The number of para-hydroxylation sites is 1. The predicted octanol–water partition coefficient (Wildman–Crippen LogP) is 3.99. The number of benzene rings is 3. The Balaban J connectivity index is 1.66. The van der Waals surface area contributed by atoms with Crippen molar-refractivity contribution in [1.82, 2.24) is 9.97 Å². The fraction of sp³-hybridized carbons (Fsp3) is 0.0952. The summed E-state index contributed by atoms with van der Waals surface area (Å²) in [4.78, 5) is 32.0. The van der Waals surface area contributed by atoms with Gasteiger partial charge in [0.2, 0.25) is 0 Å². The number of nitrogens with zero attached hydrogens (tertiary/aromatic N) is 1. The maximum absolute atomic E-state index is 12.6. The number of H-pyrrole nitrogens is 1. The Bertz CT molecular complexity index is 1180. The molecule has 5 heteroatoms. The van der Waals surface area contributed by atoms with Gasteiger partial charge in [0.25, 0.3) is 5.56 Å². The van der Waals surface area contributed by atoms with Crippen LogP contribution in [0.3, 0.4) is 0 Å². The van der Waals surface area contributed by atoms with Crippen LogP contribution in [0.4, 0.5) is 0 Å². The normalized spacial score (nSPS) is 12.2. The van der Waals surface area contributed by atoms with E-state index in [4.69, 9.17) is 4.74 Å². The highest BCUT2D eigenvalue weighted by atomic mass is 16.5. The second kappa shape index (κ2) is 6.44. The zero-order valence-electron chi connectivity index (χ0n) is 14.1. The lowest BCUT2D eigenvalue weighted by Gasteiger charge is -2.14. The Labute approximate surface area is 149 Å². The van der Waals surface area contributed by atoms with E-state index in [9.17, 15) is 9.59 Å². The second-order valence-corrected chi connectivity index (χ2v) is 6.04. The molecule has 0 fully saturated rings. The molecule has 5 nitrogen and oxygen atoms in total. The Kier molecular flexibility index (Phi) is 3.97. The van der Waals surface area contributed by atoms with E-state index in [0.717, 1.165) is 10.8 Å². The summed E-state index contributed by atoms with van der Waals surface area (Å²) in [5.41, 5.74) is 0.802. The summed E-state index contributed by atoms with van der Waals surface area (Å²) < 4.78 is 5.56. The molecule has 0 spiro atoms. The molecular weight excluding hydrogens is 328 g/mol. The summed E-state index contributed by atoms with van der Waals surface area (Å²) in [6.07, 6.45) is -0.682. The van der Waals surface area contributed by atoms with Gasteiger partial charge in [0.05, 0.1) is 16.5 Å². The number of aromatic nitrogens is 2. The molecule has 128 valence electrons. The van der Waals surface area contributed by atoms with E-state index in [2.05, 4.69) is 9.97 Å². The molecule has 0 amide bonds. The molecule has 0 saturated heterocycles. The molecule has 4 rings (SSSR count). The molecule has 0 bridgehead atoms. The predicted molar refractivity (Wildman–Crippen MR) is 100 cm³/mol. The van der Waals surface area contributed by atoms with Gasteiger partial charge >= 0.3 is 5.97 Å². The molecule has 1 heterocycles. The van der Waals surface area contributed by atoms with E-state index in [-0.39, 0.29) is 5.56 Å². The molecule has 0 aliphatic heterocycles. The fourth-order valence-electron chi connectivity index (χ4n) is 2.98. The van der Waals surface area contributed by atoms with E-state index in [1.807, 2.05) is 42.5 Å². The summed E-state index contributed by atoms with van der Waals surface area (Å²) >= 11 is 0. The van der Waals surface area contributed by atoms with Crippen LogP contribution in [0.1, 0.15) is 29.2 Å². The first kappa shape index (κ1) is 16.0. The maximum atomic E-state index is 12.6. The minimum atomic E-state index is -0.682. The van der Waals surface area contributed by atoms with Gasteiger partial charge in [-0.2, -0.15) is 0 Å². The first-order valence-corrected chi connectivity index (χ1v) is 8.31. The number of carbonyl (C=O) groups excluding carboxylic acids is 1. The van der Waals surface area contributed by atoms with Crippen molar-refractivity contribution < 1.29 is 9.53 Å². The van der Waals surface area contributed by atoms with Gasteiger partial charge in [0.15, 0.2) is 11.9 Å². The summed E-state index contributed by atoms with van der Waals surface area (Å²) in [6, 6.07) is 20.2. The third kappa shape index (κ3) is 2.84. The van der Waals surface area contributed by atoms with Gasteiger partial charge in [0, 0.05) is 0 Å². The first-order chi connectivity index (χ1) is 12.6. The largest absolute Gasteiger partial charge is 0.451 e. The van der Waals surface area contributed by atoms with E-state index < -0.39 is 12.1 Å². The molecule has 0 radical (unpaired) electrons. The molecule has 1 aromatic heterocycles. The number of rotatable bonds is 3. The number of fused-ring (bicyclic) bond motifs is 2. The number of hydrogen-bond donors (Lipinski definition) is 1. The standard InChI is InChI=1S/C21H16N2O3/c1-13(19-22-18-12-5-4-10-17(18)20(24)23-19)26-21(25)16-11-6-8-14-7-2-3-9-15(14)16/h2-13H,1H3,(H,22,23,24)/t13-/m0/s1. The van der Waals surface area contributed by atoms with Gasteiger partial charge in [-0.3, -0.25) is 4.79 Å². The van der Waals surface area contributed by atoms with Crippen LogP contribution in [0.5, 0.6) is 0 Å². The van der Waals surface area contributed by atoms with Crippen LogP contribution in [0.15, 0.2) is 71.5 Å². The molecule has 0 aliphatic carbocycles. The van der Waals surface area contributed by atoms with Crippen LogP contribution in [0.25, 0.3) is 21.7 Å². The molecule has 0 aliphatic rings. The summed E-state index contributed by atoms with van der Waals surface area (Å²) in [6.45, 7) is 1.69. The lowest BCUT2D eigenvalue weighted by Crippen LogP contribution is -2.17. The van der Waals surface area contributed by atoms with Crippen molar-refractivity contribution >= 4 is 27.6 Å². The van der Waals surface area contributed by atoms with E-state index in [1.165, 1.54) is 0 Å². The molecule has 3 aromatic carbocycles. The van der Waals surface area contributed by atoms with Crippen molar-refractivity contribution in [1.29, 1.82) is 0 Å². The van der Waals surface area contributed by atoms with E-state index >= 15 is 0 Å². The topological polar surface area (TPSA) is 72.0 Å². The summed E-state index contributed by atoms with van der Waals surface area (Å²) in [7, 11) is 0. The Morgan fingerprint density at radius 3 is 2.50 bits per heavy atom. The van der Waals surface area contributed by atoms with E-state index in [0.29, 0.717) is 22.3 Å². The number of nitrogens with one attached hydrogen (secondary N) is 1. The third-order valence-electron chi connectivity index (χ3n) is 4.31. The number of carbonyl (C=O) groups is 1. The Hall–Kier alpha value is -3.47. The van der Waals surface area contributed by atoms with Crippen LogP contribution in [0.2, 0.25) is 0 Å². The molecule has 1 atom stereocenters. The third-order valence-corrected chi connectivity index (χ3v) is 4.31. The van der Waals surface area contributed by atoms with Crippen molar-refractivity contribution in [2.24, 2.45) is 0 Å². The molecular formula is C21H16N2O3. The zero-order chi connectivity index (χ0) is 18.1. The van der Waals surface area contributed by atoms with Gasteiger partial charge < -0.3 is 9.72 Å². The SMILES string of the molecule is C[C@H](OC(=O)c1cccc2ccccc12)c1nc2ccccc2c(=O)[nH]1. The minimum Gasteiger partial charge on any atom is -0.451 e. The number of esters is 1. The van der Waals surface area contributed by atoms with Crippen LogP contribution in [-0.4, -0.2) is 15.9 Å². The monoisotopic (exact) mass is 344 g/mol.